The van der Waals surface area contributed by atoms with E-state index < -0.39 is 12.1 Å². The van der Waals surface area contributed by atoms with Crippen molar-refractivity contribution in [3.05, 3.63) is 60.8 Å². The molecule has 0 aromatic rings. The predicted octanol–water partition coefficient (Wildman–Crippen LogP) is 13.2. The Labute approximate surface area is 309 Å². The van der Waals surface area contributed by atoms with Gasteiger partial charge in [0, 0.05) is 6.42 Å². The quantitative estimate of drug-likeness (QED) is 0.0397. The number of carbonyl (C=O) groups excluding carboxylic acids is 2. The van der Waals surface area contributed by atoms with Crippen LogP contribution in [-0.2, 0) is 19.1 Å². The second-order valence-corrected chi connectivity index (χ2v) is 13.7. The van der Waals surface area contributed by atoms with Crippen LogP contribution < -0.4 is 0 Å². The second kappa shape index (κ2) is 41.0. The van der Waals surface area contributed by atoms with E-state index in [4.69, 9.17) is 9.47 Å². The molecular weight excluding hydrogens is 620 g/mol. The minimum atomic E-state index is -0.825. The summed E-state index contributed by atoms with van der Waals surface area (Å²) in [4.78, 5) is 24.2. The standard InChI is InChI=1S/C45H78O5/c1-3-5-7-9-11-13-15-17-19-20-21-22-23-24-26-27-29-31-33-35-37-39-44(47)49-42-43(41-46)50-45(48)40-38-36-34-32-30-28-25-18-16-14-12-10-8-6-4-2/h6,8,12,14,18,25,30,32,36,38,43,46H,3-5,7,9-11,13,15-17,19-24,26-29,31,33-35,37,39-42H2,1-2H3/b8-6-,14-12-,25-18-,32-30-,38-36-. The van der Waals surface area contributed by atoms with Crippen LogP contribution in [0, 0.1) is 0 Å². The first-order valence-electron chi connectivity index (χ1n) is 20.8. The van der Waals surface area contributed by atoms with Gasteiger partial charge in [-0.3, -0.25) is 9.59 Å². The van der Waals surface area contributed by atoms with Gasteiger partial charge in [0.1, 0.15) is 6.61 Å². The van der Waals surface area contributed by atoms with E-state index in [1.165, 1.54) is 116 Å². The van der Waals surface area contributed by atoms with Crippen LogP contribution in [0.5, 0.6) is 0 Å². The first-order chi connectivity index (χ1) is 24.6. The molecule has 0 aliphatic rings. The molecule has 0 heterocycles. The molecule has 1 atom stereocenters. The molecule has 0 fully saturated rings. The van der Waals surface area contributed by atoms with Gasteiger partial charge < -0.3 is 14.6 Å². The van der Waals surface area contributed by atoms with Gasteiger partial charge in [-0.05, 0) is 38.5 Å². The Balaban J connectivity index is 3.60. The number of rotatable bonds is 37. The molecule has 288 valence electrons. The number of aliphatic hydroxyl groups excluding tert-OH is 1. The highest BCUT2D eigenvalue weighted by Gasteiger charge is 2.15. The van der Waals surface area contributed by atoms with Crippen LogP contribution >= 0.6 is 0 Å². The van der Waals surface area contributed by atoms with E-state index in [9.17, 15) is 14.7 Å². The zero-order valence-corrected chi connectivity index (χ0v) is 32.6. The van der Waals surface area contributed by atoms with E-state index >= 15 is 0 Å². The van der Waals surface area contributed by atoms with Gasteiger partial charge in [0.2, 0.25) is 0 Å². The van der Waals surface area contributed by atoms with Crippen LogP contribution in [0.4, 0.5) is 0 Å². The largest absolute Gasteiger partial charge is 0.462 e. The molecule has 0 spiro atoms. The highest BCUT2D eigenvalue weighted by atomic mass is 16.6. The number of ether oxygens (including phenoxy) is 2. The number of hydrogen-bond donors (Lipinski definition) is 1. The van der Waals surface area contributed by atoms with Gasteiger partial charge >= 0.3 is 11.9 Å². The van der Waals surface area contributed by atoms with E-state index in [1.807, 2.05) is 6.08 Å². The summed E-state index contributed by atoms with van der Waals surface area (Å²) in [6.07, 6.45) is 53.2. The number of hydrogen-bond acceptors (Lipinski definition) is 5. The van der Waals surface area contributed by atoms with E-state index in [1.54, 1.807) is 6.08 Å². The molecule has 0 aromatic heterocycles. The highest BCUT2D eigenvalue weighted by Crippen LogP contribution is 2.15. The lowest BCUT2D eigenvalue weighted by atomic mass is 10.0. The van der Waals surface area contributed by atoms with Crippen molar-refractivity contribution in [2.24, 2.45) is 0 Å². The third kappa shape index (κ3) is 38.4. The molecule has 0 amide bonds. The Morgan fingerprint density at radius 1 is 0.480 bits per heavy atom. The smallest absolute Gasteiger partial charge is 0.310 e. The van der Waals surface area contributed by atoms with Crippen LogP contribution in [0.2, 0.25) is 0 Å². The van der Waals surface area contributed by atoms with Crippen LogP contribution in [0.1, 0.15) is 194 Å². The maximum absolute atomic E-state index is 12.1. The summed E-state index contributed by atoms with van der Waals surface area (Å²) in [6.45, 7) is 3.95. The second-order valence-electron chi connectivity index (χ2n) is 13.7. The summed E-state index contributed by atoms with van der Waals surface area (Å²) >= 11 is 0. The molecule has 1 unspecified atom stereocenters. The summed E-state index contributed by atoms with van der Waals surface area (Å²) in [5.41, 5.74) is 0. The van der Waals surface area contributed by atoms with Crippen molar-refractivity contribution in [2.75, 3.05) is 13.2 Å². The molecule has 0 aliphatic heterocycles. The van der Waals surface area contributed by atoms with Gasteiger partial charge in [-0.25, -0.2) is 0 Å². The van der Waals surface area contributed by atoms with Gasteiger partial charge in [0.15, 0.2) is 6.10 Å². The Kier molecular flexibility index (Phi) is 39.1. The summed E-state index contributed by atoms with van der Waals surface area (Å²) in [7, 11) is 0. The Bertz CT molecular complexity index is 884. The number of esters is 2. The third-order valence-electron chi connectivity index (χ3n) is 8.86. The van der Waals surface area contributed by atoms with Crippen molar-refractivity contribution >= 4 is 11.9 Å². The molecule has 0 saturated heterocycles. The zero-order valence-electron chi connectivity index (χ0n) is 32.6. The van der Waals surface area contributed by atoms with Crippen molar-refractivity contribution in [1.29, 1.82) is 0 Å². The summed E-state index contributed by atoms with van der Waals surface area (Å²) < 4.78 is 10.5. The predicted molar refractivity (Wildman–Crippen MR) is 214 cm³/mol. The van der Waals surface area contributed by atoms with E-state index in [0.29, 0.717) is 6.42 Å². The van der Waals surface area contributed by atoms with Crippen molar-refractivity contribution < 1.29 is 24.2 Å². The SMILES string of the molecule is CC/C=C\C/C=C\C/C=C\C/C=C\C/C=C\CC(=O)OC(CO)COC(=O)CCCCCCCCCCCCCCCCCCCCCCC. The molecule has 0 aromatic carbocycles. The number of allylic oxidation sites excluding steroid dienone is 9. The number of carbonyl (C=O) groups is 2. The fourth-order valence-corrected chi connectivity index (χ4v) is 5.75. The highest BCUT2D eigenvalue weighted by molar-refractivity contribution is 5.71. The Morgan fingerprint density at radius 2 is 0.840 bits per heavy atom. The minimum absolute atomic E-state index is 0.105. The Morgan fingerprint density at radius 3 is 1.22 bits per heavy atom. The fourth-order valence-electron chi connectivity index (χ4n) is 5.75. The van der Waals surface area contributed by atoms with Gasteiger partial charge in [-0.2, -0.15) is 0 Å². The molecule has 5 heteroatoms. The molecule has 0 aliphatic carbocycles. The number of aliphatic hydroxyl groups is 1. The lowest BCUT2D eigenvalue weighted by Gasteiger charge is -2.15. The van der Waals surface area contributed by atoms with Gasteiger partial charge in [0.25, 0.3) is 0 Å². The first kappa shape index (κ1) is 47.6. The van der Waals surface area contributed by atoms with Crippen LogP contribution in [0.3, 0.4) is 0 Å². The van der Waals surface area contributed by atoms with Crippen molar-refractivity contribution in [1.82, 2.24) is 0 Å². The third-order valence-corrected chi connectivity index (χ3v) is 8.86. The van der Waals surface area contributed by atoms with Gasteiger partial charge in [-0.1, -0.05) is 203 Å². The van der Waals surface area contributed by atoms with Crippen molar-refractivity contribution in [3.63, 3.8) is 0 Å². The summed E-state index contributed by atoms with van der Waals surface area (Å²) in [6, 6.07) is 0. The van der Waals surface area contributed by atoms with E-state index in [0.717, 1.165) is 51.4 Å². The monoisotopic (exact) mass is 699 g/mol. The molecule has 0 bridgehead atoms. The first-order valence-corrected chi connectivity index (χ1v) is 20.8. The molecular formula is C45H78O5. The van der Waals surface area contributed by atoms with Crippen molar-refractivity contribution in [3.8, 4) is 0 Å². The topological polar surface area (TPSA) is 72.8 Å². The molecule has 50 heavy (non-hydrogen) atoms. The lowest BCUT2D eigenvalue weighted by Crippen LogP contribution is -2.28. The normalized spacial score (nSPS) is 12.8. The van der Waals surface area contributed by atoms with Crippen LogP contribution in [-0.4, -0.2) is 36.4 Å². The number of unbranched alkanes of at least 4 members (excludes halogenated alkanes) is 20. The van der Waals surface area contributed by atoms with Gasteiger partial charge in [0.05, 0.1) is 13.0 Å². The Hall–Kier alpha value is -2.40. The molecule has 5 nitrogen and oxygen atoms in total. The van der Waals surface area contributed by atoms with Crippen LogP contribution in [0.15, 0.2) is 60.8 Å². The summed E-state index contributed by atoms with van der Waals surface area (Å²) in [5.74, 6) is -0.735. The van der Waals surface area contributed by atoms with Crippen molar-refractivity contribution in [2.45, 2.75) is 200 Å². The van der Waals surface area contributed by atoms with E-state index in [2.05, 4.69) is 62.5 Å². The minimum Gasteiger partial charge on any atom is -0.462 e. The lowest BCUT2D eigenvalue weighted by molar-refractivity contribution is -0.160. The summed E-state index contributed by atoms with van der Waals surface area (Å²) in [5, 5.41) is 9.54. The average Bonchev–Trinajstić information content (AvgIpc) is 3.12. The fraction of sp³-hybridized carbons (Fsp3) is 0.733. The molecule has 0 saturated carbocycles. The molecule has 0 radical (unpaired) electrons. The molecule has 0 rings (SSSR count). The van der Waals surface area contributed by atoms with Crippen LogP contribution in [0.25, 0.3) is 0 Å². The average molecular weight is 699 g/mol. The maximum Gasteiger partial charge on any atom is 0.310 e. The molecule has 1 N–H and O–H groups in total. The zero-order chi connectivity index (χ0) is 36.4. The maximum atomic E-state index is 12.1. The van der Waals surface area contributed by atoms with E-state index in [-0.39, 0.29) is 25.6 Å². The van der Waals surface area contributed by atoms with Gasteiger partial charge in [-0.15, -0.1) is 0 Å².